The Morgan fingerprint density at radius 2 is 1.93 bits per heavy atom. The van der Waals surface area contributed by atoms with Gasteiger partial charge in [-0.1, -0.05) is 19.8 Å². The van der Waals surface area contributed by atoms with Crippen molar-refractivity contribution in [1.29, 1.82) is 0 Å². The molecule has 1 saturated carbocycles. The Kier molecular flexibility index (Phi) is 4.04. The van der Waals surface area contributed by atoms with Gasteiger partial charge in [-0.3, -0.25) is 0 Å². The van der Waals surface area contributed by atoms with Gasteiger partial charge in [-0.05, 0) is 50.0 Å². The van der Waals surface area contributed by atoms with Gasteiger partial charge >= 0.3 is 0 Å². The van der Waals surface area contributed by atoms with Gasteiger partial charge in [-0.25, -0.2) is 0 Å². The second-order valence-electron chi connectivity index (χ2n) is 5.63. The van der Waals surface area contributed by atoms with Gasteiger partial charge in [0.15, 0.2) is 0 Å². The van der Waals surface area contributed by atoms with Gasteiger partial charge in [0.25, 0.3) is 0 Å². The lowest BCUT2D eigenvalue weighted by molar-refractivity contribution is 0.0155. The molecule has 0 radical (unpaired) electrons. The Hall–Kier alpha value is -0.0800. The minimum atomic E-state index is -0.0412. The molecule has 4 atom stereocenters. The summed E-state index contributed by atoms with van der Waals surface area (Å²) in [6.45, 7) is 4.51. The highest BCUT2D eigenvalue weighted by atomic mass is 16.3. The molecule has 2 heteroatoms. The van der Waals surface area contributed by atoms with Gasteiger partial charge in [0, 0.05) is 6.54 Å². The van der Waals surface area contributed by atoms with E-state index >= 15 is 0 Å². The monoisotopic (exact) mass is 211 g/mol. The molecule has 0 spiro atoms. The summed E-state index contributed by atoms with van der Waals surface area (Å²) in [4.78, 5) is 0. The molecule has 0 aromatic heterocycles. The summed E-state index contributed by atoms with van der Waals surface area (Å²) in [5, 5.41) is 13.8. The standard InChI is InChI=1S/C13H25NO/c1-10-4-2-5-11(8-10)13(15)12-6-3-7-14-9-12/h10-15H,2-9H2,1H3. The average Bonchev–Trinajstić information content (AvgIpc) is 2.29. The van der Waals surface area contributed by atoms with Gasteiger partial charge in [0.05, 0.1) is 6.10 Å². The highest BCUT2D eigenvalue weighted by Crippen LogP contribution is 2.34. The van der Waals surface area contributed by atoms with Crippen LogP contribution in [0.2, 0.25) is 0 Å². The fourth-order valence-electron chi connectivity index (χ4n) is 3.35. The maximum Gasteiger partial charge on any atom is 0.0608 e. The minimum Gasteiger partial charge on any atom is -0.393 e. The van der Waals surface area contributed by atoms with Crippen molar-refractivity contribution < 1.29 is 5.11 Å². The molecule has 4 unspecified atom stereocenters. The Labute approximate surface area is 93.5 Å². The number of aliphatic hydroxyl groups is 1. The Bertz CT molecular complexity index is 189. The van der Waals surface area contributed by atoms with Crippen molar-refractivity contribution >= 4 is 0 Å². The van der Waals surface area contributed by atoms with Crippen LogP contribution in [0.1, 0.15) is 45.4 Å². The van der Waals surface area contributed by atoms with Crippen LogP contribution in [0, 0.1) is 17.8 Å². The van der Waals surface area contributed by atoms with E-state index in [1.165, 1.54) is 38.5 Å². The second-order valence-corrected chi connectivity index (χ2v) is 5.63. The Morgan fingerprint density at radius 1 is 1.13 bits per heavy atom. The first-order valence-corrected chi connectivity index (χ1v) is 6.66. The quantitative estimate of drug-likeness (QED) is 0.733. The first kappa shape index (κ1) is 11.4. The zero-order chi connectivity index (χ0) is 10.7. The fourth-order valence-corrected chi connectivity index (χ4v) is 3.35. The largest absolute Gasteiger partial charge is 0.393 e. The molecule has 15 heavy (non-hydrogen) atoms. The molecule has 0 aromatic rings. The molecule has 88 valence electrons. The lowest BCUT2D eigenvalue weighted by atomic mass is 9.75. The van der Waals surface area contributed by atoms with Crippen molar-refractivity contribution in [2.45, 2.75) is 51.6 Å². The van der Waals surface area contributed by atoms with Gasteiger partial charge in [-0.2, -0.15) is 0 Å². The zero-order valence-electron chi connectivity index (χ0n) is 9.91. The van der Waals surface area contributed by atoms with Crippen LogP contribution in [0.5, 0.6) is 0 Å². The molecule has 2 N–H and O–H groups in total. The van der Waals surface area contributed by atoms with E-state index in [2.05, 4.69) is 12.2 Å². The third-order valence-corrected chi connectivity index (χ3v) is 4.28. The van der Waals surface area contributed by atoms with Crippen molar-refractivity contribution in [1.82, 2.24) is 5.32 Å². The van der Waals surface area contributed by atoms with Crippen molar-refractivity contribution in [3.8, 4) is 0 Å². The van der Waals surface area contributed by atoms with Crippen LogP contribution in [0.25, 0.3) is 0 Å². The van der Waals surface area contributed by atoms with Gasteiger partial charge in [0.1, 0.15) is 0 Å². The van der Waals surface area contributed by atoms with Crippen LogP contribution in [-0.4, -0.2) is 24.3 Å². The molecule has 1 aliphatic heterocycles. The van der Waals surface area contributed by atoms with E-state index in [0.29, 0.717) is 11.8 Å². The maximum atomic E-state index is 10.4. The van der Waals surface area contributed by atoms with E-state index in [-0.39, 0.29) is 6.10 Å². The van der Waals surface area contributed by atoms with Crippen molar-refractivity contribution in [2.75, 3.05) is 13.1 Å². The van der Waals surface area contributed by atoms with E-state index in [1.54, 1.807) is 0 Å². The number of nitrogens with one attached hydrogen (secondary N) is 1. The molecule has 1 aliphatic carbocycles. The highest BCUT2D eigenvalue weighted by molar-refractivity contribution is 4.83. The number of aliphatic hydroxyl groups excluding tert-OH is 1. The van der Waals surface area contributed by atoms with Gasteiger partial charge < -0.3 is 10.4 Å². The summed E-state index contributed by atoms with van der Waals surface area (Å²) in [7, 11) is 0. The van der Waals surface area contributed by atoms with E-state index in [1.807, 2.05) is 0 Å². The number of rotatable bonds is 2. The normalized spacial score (nSPS) is 40.0. The molecular weight excluding hydrogens is 186 g/mol. The van der Waals surface area contributed by atoms with Gasteiger partial charge in [0.2, 0.25) is 0 Å². The van der Waals surface area contributed by atoms with Crippen molar-refractivity contribution in [3.63, 3.8) is 0 Å². The predicted octanol–water partition coefficient (Wildman–Crippen LogP) is 2.17. The van der Waals surface area contributed by atoms with Crippen LogP contribution in [0.15, 0.2) is 0 Å². The van der Waals surface area contributed by atoms with E-state index in [0.717, 1.165) is 19.0 Å². The number of hydrogen-bond acceptors (Lipinski definition) is 2. The third kappa shape index (κ3) is 2.94. The van der Waals surface area contributed by atoms with E-state index in [4.69, 9.17) is 0 Å². The molecule has 2 aliphatic rings. The van der Waals surface area contributed by atoms with Crippen LogP contribution >= 0.6 is 0 Å². The van der Waals surface area contributed by atoms with Gasteiger partial charge in [-0.15, -0.1) is 0 Å². The molecule has 0 bridgehead atoms. The second kappa shape index (κ2) is 5.31. The Morgan fingerprint density at radius 3 is 2.60 bits per heavy atom. The molecule has 1 heterocycles. The molecule has 2 rings (SSSR count). The van der Waals surface area contributed by atoms with Crippen molar-refractivity contribution in [3.05, 3.63) is 0 Å². The zero-order valence-corrected chi connectivity index (χ0v) is 9.91. The van der Waals surface area contributed by atoms with Crippen LogP contribution in [0.4, 0.5) is 0 Å². The van der Waals surface area contributed by atoms with Crippen molar-refractivity contribution in [2.24, 2.45) is 17.8 Å². The lowest BCUT2D eigenvalue weighted by Gasteiger charge is -2.36. The first-order chi connectivity index (χ1) is 7.27. The Balaban J connectivity index is 1.85. The highest BCUT2D eigenvalue weighted by Gasteiger charge is 2.31. The molecule has 1 saturated heterocycles. The molecular formula is C13H25NO. The van der Waals surface area contributed by atoms with Crippen LogP contribution in [-0.2, 0) is 0 Å². The maximum absolute atomic E-state index is 10.4. The molecule has 0 amide bonds. The SMILES string of the molecule is CC1CCCC(C(O)C2CCCNC2)C1. The summed E-state index contributed by atoms with van der Waals surface area (Å²) in [6, 6.07) is 0. The minimum absolute atomic E-state index is 0.0412. The van der Waals surface area contributed by atoms with Crippen LogP contribution in [0.3, 0.4) is 0 Å². The summed E-state index contributed by atoms with van der Waals surface area (Å²) in [6.07, 6.45) is 7.61. The third-order valence-electron chi connectivity index (χ3n) is 4.28. The molecule has 0 aromatic carbocycles. The summed E-state index contributed by atoms with van der Waals surface area (Å²) in [5.41, 5.74) is 0. The summed E-state index contributed by atoms with van der Waals surface area (Å²) in [5.74, 6) is 1.93. The predicted molar refractivity (Wildman–Crippen MR) is 62.7 cm³/mol. The van der Waals surface area contributed by atoms with Crippen LogP contribution < -0.4 is 5.32 Å². The topological polar surface area (TPSA) is 32.3 Å². The summed E-state index contributed by atoms with van der Waals surface area (Å²) < 4.78 is 0. The first-order valence-electron chi connectivity index (χ1n) is 6.66. The number of hydrogen-bond donors (Lipinski definition) is 2. The average molecular weight is 211 g/mol. The molecule has 2 nitrogen and oxygen atoms in total. The lowest BCUT2D eigenvalue weighted by Crippen LogP contribution is -2.41. The van der Waals surface area contributed by atoms with E-state index < -0.39 is 0 Å². The smallest absolute Gasteiger partial charge is 0.0608 e. The van der Waals surface area contributed by atoms with E-state index in [9.17, 15) is 5.11 Å². The molecule has 2 fully saturated rings. The fraction of sp³-hybridized carbons (Fsp3) is 1.00. The summed E-state index contributed by atoms with van der Waals surface area (Å²) >= 11 is 0. The number of piperidine rings is 1.